The van der Waals surface area contributed by atoms with Gasteiger partial charge in [0.05, 0.1) is 19.6 Å². The van der Waals surface area contributed by atoms with Crippen LogP contribution in [0, 0.1) is 5.92 Å². The third-order valence-corrected chi connectivity index (χ3v) is 3.20. The summed E-state index contributed by atoms with van der Waals surface area (Å²) in [7, 11) is 1.41. The van der Waals surface area contributed by atoms with Gasteiger partial charge in [-0.2, -0.15) is 0 Å². The van der Waals surface area contributed by atoms with Crippen LogP contribution in [0.15, 0.2) is 0 Å². The Balaban J connectivity index is 2.40. The lowest BCUT2D eigenvalue weighted by atomic mass is 9.95. The molecule has 0 aromatic rings. The summed E-state index contributed by atoms with van der Waals surface area (Å²) < 4.78 is 4.64. The van der Waals surface area contributed by atoms with Gasteiger partial charge in [0, 0.05) is 19.1 Å². The fourth-order valence-corrected chi connectivity index (χ4v) is 2.02. The summed E-state index contributed by atoms with van der Waals surface area (Å²) in [5, 5.41) is 9.59. The van der Waals surface area contributed by atoms with E-state index in [0.717, 1.165) is 19.5 Å². The van der Waals surface area contributed by atoms with Crippen LogP contribution in [0.25, 0.3) is 0 Å². The summed E-state index contributed by atoms with van der Waals surface area (Å²) in [6, 6.07) is 0.201. The van der Waals surface area contributed by atoms with Crippen molar-refractivity contribution in [2.45, 2.75) is 38.8 Å². The molecule has 3 atom stereocenters. The Bertz CT molecular complexity index is 220. The fourth-order valence-electron chi connectivity index (χ4n) is 2.02. The van der Waals surface area contributed by atoms with Gasteiger partial charge in [0.25, 0.3) is 0 Å². The predicted octanol–water partition coefficient (Wildman–Crippen LogP) is 0.641. The van der Waals surface area contributed by atoms with Crippen molar-refractivity contribution >= 4 is 5.97 Å². The SMILES string of the molecule is COC(=O)CC(C)N1CCC(O)C(C)C1. The highest BCUT2D eigenvalue weighted by Crippen LogP contribution is 2.19. The van der Waals surface area contributed by atoms with Gasteiger partial charge in [-0.15, -0.1) is 0 Å². The number of rotatable bonds is 3. The molecule has 4 nitrogen and oxygen atoms in total. The number of esters is 1. The molecule has 0 saturated carbocycles. The molecule has 1 aliphatic heterocycles. The molecule has 0 aromatic carbocycles. The number of hydrogen-bond donors (Lipinski definition) is 1. The van der Waals surface area contributed by atoms with Crippen LogP contribution in [0.3, 0.4) is 0 Å². The van der Waals surface area contributed by atoms with Gasteiger partial charge in [-0.25, -0.2) is 0 Å². The largest absolute Gasteiger partial charge is 0.469 e. The lowest BCUT2D eigenvalue weighted by Crippen LogP contribution is -2.46. The Labute approximate surface area is 91.2 Å². The lowest BCUT2D eigenvalue weighted by Gasteiger charge is -2.37. The topological polar surface area (TPSA) is 49.8 Å². The molecule has 4 heteroatoms. The summed E-state index contributed by atoms with van der Waals surface area (Å²) in [4.78, 5) is 13.4. The van der Waals surface area contributed by atoms with Gasteiger partial charge in [0.1, 0.15) is 0 Å². The standard InChI is InChI=1S/C11H21NO3/c1-8-7-12(5-4-10(8)13)9(2)6-11(14)15-3/h8-10,13H,4-7H2,1-3H3. The van der Waals surface area contributed by atoms with Crippen LogP contribution in [0.4, 0.5) is 0 Å². The summed E-state index contributed by atoms with van der Waals surface area (Å²) in [6.45, 7) is 5.80. The highest BCUT2D eigenvalue weighted by Gasteiger charge is 2.27. The maximum Gasteiger partial charge on any atom is 0.307 e. The van der Waals surface area contributed by atoms with E-state index in [1.54, 1.807) is 0 Å². The maximum atomic E-state index is 11.1. The molecule has 1 fully saturated rings. The van der Waals surface area contributed by atoms with Gasteiger partial charge >= 0.3 is 5.97 Å². The number of piperidine rings is 1. The van der Waals surface area contributed by atoms with E-state index in [9.17, 15) is 9.90 Å². The van der Waals surface area contributed by atoms with Crippen molar-refractivity contribution in [1.29, 1.82) is 0 Å². The molecule has 15 heavy (non-hydrogen) atoms. The Kier molecular flexibility index (Phi) is 4.54. The normalized spacial score (nSPS) is 29.9. The van der Waals surface area contributed by atoms with Crippen LogP contribution in [-0.2, 0) is 9.53 Å². The molecular formula is C11H21NO3. The molecule has 0 radical (unpaired) electrons. The molecule has 1 aliphatic rings. The van der Waals surface area contributed by atoms with Crippen molar-refractivity contribution < 1.29 is 14.6 Å². The molecule has 0 aliphatic carbocycles. The monoisotopic (exact) mass is 215 g/mol. The van der Waals surface area contributed by atoms with Gasteiger partial charge < -0.3 is 9.84 Å². The van der Waals surface area contributed by atoms with Crippen molar-refractivity contribution in [2.24, 2.45) is 5.92 Å². The van der Waals surface area contributed by atoms with Gasteiger partial charge in [0.15, 0.2) is 0 Å². The average molecular weight is 215 g/mol. The first-order valence-electron chi connectivity index (χ1n) is 5.53. The molecule has 88 valence electrons. The molecular weight excluding hydrogens is 194 g/mol. The van der Waals surface area contributed by atoms with Crippen molar-refractivity contribution in [1.82, 2.24) is 4.90 Å². The second kappa shape index (κ2) is 5.47. The van der Waals surface area contributed by atoms with Crippen LogP contribution >= 0.6 is 0 Å². The van der Waals surface area contributed by atoms with Gasteiger partial charge in [-0.1, -0.05) is 6.92 Å². The van der Waals surface area contributed by atoms with E-state index >= 15 is 0 Å². The highest BCUT2D eigenvalue weighted by atomic mass is 16.5. The second-order valence-corrected chi connectivity index (χ2v) is 4.46. The van der Waals surface area contributed by atoms with Crippen LogP contribution in [0.1, 0.15) is 26.7 Å². The molecule has 0 spiro atoms. The quantitative estimate of drug-likeness (QED) is 0.702. The molecule has 0 bridgehead atoms. The first-order chi connectivity index (χ1) is 7.04. The van der Waals surface area contributed by atoms with Crippen molar-refractivity contribution in [3.05, 3.63) is 0 Å². The number of aliphatic hydroxyl groups is 1. The van der Waals surface area contributed by atoms with E-state index in [-0.39, 0.29) is 18.1 Å². The molecule has 1 heterocycles. The van der Waals surface area contributed by atoms with Crippen molar-refractivity contribution in [3.63, 3.8) is 0 Å². The number of carbonyl (C=O) groups excluding carboxylic acids is 1. The summed E-state index contributed by atoms with van der Waals surface area (Å²) >= 11 is 0. The summed E-state index contributed by atoms with van der Waals surface area (Å²) in [6.07, 6.45) is 1.04. The van der Waals surface area contributed by atoms with Gasteiger partial charge in [0.2, 0.25) is 0 Å². The number of carbonyl (C=O) groups is 1. The molecule has 1 N–H and O–H groups in total. The lowest BCUT2D eigenvalue weighted by molar-refractivity contribution is -0.142. The minimum Gasteiger partial charge on any atom is -0.469 e. The zero-order valence-electron chi connectivity index (χ0n) is 9.77. The number of ether oxygens (including phenoxy) is 1. The highest BCUT2D eigenvalue weighted by molar-refractivity contribution is 5.69. The number of aliphatic hydroxyl groups excluding tert-OH is 1. The van der Waals surface area contributed by atoms with Crippen LogP contribution in [-0.4, -0.2) is 48.3 Å². The van der Waals surface area contributed by atoms with Crippen LogP contribution < -0.4 is 0 Å². The number of nitrogens with zero attached hydrogens (tertiary/aromatic N) is 1. The van der Waals surface area contributed by atoms with E-state index in [0.29, 0.717) is 12.3 Å². The van der Waals surface area contributed by atoms with Gasteiger partial charge in [-0.3, -0.25) is 9.69 Å². The molecule has 1 saturated heterocycles. The summed E-state index contributed by atoms with van der Waals surface area (Å²) in [5.41, 5.74) is 0. The Morgan fingerprint density at radius 1 is 1.67 bits per heavy atom. The molecule has 0 aromatic heterocycles. The first-order valence-corrected chi connectivity index (χ1v) is 5.53. The average Bonchev–Trinajstić information content (AvgIpc) is 2.21. The predicted molar refractivity (Wildman–Crippen MR) is 57.5 cm³/mol. The first kappa shape index (κ1) is 12.5. The number of likely N-dealkylation sites (tertiary alicyclic amines) is 1. The third kappa shape index (κ3) is 3.47. The Morgan fingerprint density at radius 3 is 2.87 bits per heavy atom. The minimum absolute atomic E-state index is 0.165. The van der Waals surface area contributed by atoms with Crippen LogP contribution in [0.2, 0.25) is 0 Å². The van der Waals surface area contributed by atoms with E-state index in [1.165, 1.54) is 7.11 Å². The minimum atomic E-state index is -0.188. The van der Waals surface area contributed by atoms with Crippen LogP contribution in [0.5, 0.6) is 0 Å². The third-order valence-electron chi connectivity index (χ3n) is 3.20. The fraction of sp³-hybridized carbons (Fsp3) is 0.909. The molecule has 1 rings (SSSR count). The van der Waals surface area contributed by atoms with E-state index in [2.05, 4.69) is 9.64 Å². The Hall–Kier alpha value is -0.610. The van der Waals surface area contributed by atoms with Crippen molar-refractivity contribution in [3.8, 4) is 0 Å². The zero-order chi connectivity index (χ0) is 11.4. The number of hydrogen-bond acceptors (Lipinski definition) is 4. The summed E-state index contributed by atoms with van der Waals surface area (Å²) in [5.74, 6) is 0.125. The second-order valence-electron chi connectivity index (χ2n) is 4.46. The van der Waals surface area contributed by atoms with Crippen molar-refractivity contribution in [2.75, 3.05) is 20.2 Å². The number of methoxy groups -OCH3 is 1. The molecule has 0 amide bonds. The maximum absolute atomic E-state index is 11.1. The zero-order valence-corrected chi connectivity index (χ0v) is 9.77. The van der Waals surface area contributed by atoms with E-state index in [1.807, 2.05) is 13.8 Å². The van der Waals surface area contributed by atoms with E-state index < -0.39 is 0 Å². The Morgan fingerprint density at radius 2 is 2.33 bits per heavy atom. The molecule has 3 unspecified atom stereocenters. The van der Waals surface area contributed by atoms with E-state index in [4.69, 9.17) is 0 Å². The van der Waals surface area contributed by atoms with Gasteiger partial charge in [-0.05, 0) is 19.3 Å². The smallest absolute Gasteiger partial charge is 0.307 e.